The molecule has 0 aromatic heterocycles. The first-order valence-corrected chi connectivity index (χ1v) is 10.1. The number of unbranched alkanes of at least 4 members (excludes halogenated alkanes) is 4. The molecule has 10 heteroatoms. The van der Waals surface area contributed by atoms with E-state index in [4.69, 9.17) is 18.9 Å². The lowest BCUT2D eigenvalue weighted by atomic mass is 10.2. The van der Waals surface area contributed by atoms with E-state index in [9.17, 15) is 19.2 Å². The SMILES string of the molecule is CC(OC(=O)CCCCC[NH3+])C(=O)OCOC(=O)C(C)OC(=O)CCCCC[NH3+]. The molecule has 0 heterocycles. The van der Waals surface area contributed by atoms with Crippen LogP contribution in [0.5, 0.6) is 0 Å². The van der Waals surface area contributed by atoms with E-state index in [2.05, 4.69) is 11.5 Å². The van der Waals surface area contributed by atoms with Crippen molar-refractivity contribution in [1.29, 1.82) is 0 Å². The summed E-state index contributed by atoms with van der Waals surface area (Å²) >= 11 is 0. The first-order valence-electron chi connectivity index (χ1n) is 10.1. The minimum atomic E-state index is -1.11. The van der Waals surface area contributed by atoms with Gasteiger partial charge in [0.15, 0.2) is 12.2 Å². The molecule has 0 saturated heterocycles. The molecule has 6 N–H and O–H groups in total. The first kappa shape index (κ1) is 26.8. The molecule has 0 radical (unpaired) electrons. The van der Waals surface area contributed by atoms with E-state index < -0.39 is 42.9 Å². The molecule has 0 aliphatic heterocycles. The normalized spacial score (nSPS) is 12.6. The van der Waals surface area contributed by atoms with Crippen LogP contribution in [0, 0.1) is 0 Å². The number of esters is 4. The van der Waals surface area contributed by atoms with Crippen molar-refractivity contribution < 1.29 is 49.6 Å². The second kappa shape index (κ2) is 16.7. The van der Waals surface area contributed by atoms with Crippen molar-refractivity contribution in [2.75, 3.05) is 19.9 Å². The summed E-state index contributed by atoms with van der Waals surface area (Å²) in [6, 6.07) is 0. The van der Waals surface area contributed by atoms with Gasteiger partial charge < -0.3 is 30.4 Å². The molecule has 168 valence electrons. The maximum atomic E-state index is 11.8. The van der Waals surface area contributed by atoms with Gasteiger partial charge in [-0.3, -0.25) is 9.59 Å². The topological polar surface area (TPSA) is 160 Å². The van der Waals surface area contributed by atoms with Crippen molar-refractivity contribution >= 4 is 23.9 Å². The minimum Gasteiger partial charge on any atom is -0.451 e. The molecule has 0 aromatic rings. The molecular formula is C19H36N2O8+2. The van der Waals surface area contributed by atoms with Crippen LogP contribution in [-0.4, -0.2) is 56.0 Å². The van der Waals surface area contributed by atoms with Crippen molar-refractivity contribution in [2.45, 2.75) is 77.4 Å². The summed E-state index contributed by atoms with van der Waals surface area (Å²) in [5, 5.41) is 0. The summed E-state index contributed by atoms with van der Waals surface area (Å²) in [6.45, 7) is 3.71. The van der Waals surface area contributed by atoms with Crippen LogP contribution in [0.15, 0.2) is 0 Å². The summed E-state index contributed by atoms with van der Waals surface area (Å²) in [5.74, 6) is -2.66. The van der Waals surface area contributed by atoms with Crippen LogP contribution in [0.3, 0.4) is 0 Å². The van der Waals surface area contributed by atoms with Gasteiger partial charge in [-0.1, -0.05) is 0 Å². The second-order valence-electron chi connectivity index (χ2n) is 6.64. The van der Waals surface area contributed by atoms with Gasteiger partial charge in [0, 0.05) is 12.8 Å². The number of carbonyl (C=O) groups is 4. The van der Waals surface area contributed by atoms with Gasteiger partial charge in [0.1, 0.15) is 0 Å². The smallest absolute Gasteiger partial charge is 0.350 e. The Bertz CT molecular complexity index is 468. The number of carbonyl (C=O) groups excluding carboxylic acids is 4. The molecule has 0 aliphatic rings. The summed E-state index contributed by atoms with van der Waals surface area (Å²) < 4.78 is 19.4. The van der Waals surface area contributed by atoms with Crippen LogP contribution >= 0.6 is 0 Å². The molecule has 0 bridgehead atoms. The van der Waals surface area contributed by atoms with E-state index in [1.165, 1.54) is 13.8 Å². The summed E-state index contributed by atoms with van der Waals surface area (Å²) in [4.78, 5) is 46.8. The van der Waals surface area contributed by atoms with Crippen LogP contribution in [0.25, 0.3) is 0 Å². The first-order chi connectivity index (χ1) is 13.8. The van der Waals surface area contributed by atoms with E-state index in [0.717, 1.165) is 38.8 Å². The highest BCUT2D eigenvalue weighted by Gasteiger charge is 2.22. The maximum Gasteiger partial charge on any atom is 0.350 e. The van der Waals surface area contributed by atoms with E-state index in [1.54, 1.807) is 0 Å². The molecule has 0 aliphatic carbocycles. The van der Waals surface area contributed by atoms with Gasteiger partial charge in [-0.05, 0) is 52.4 Å². The zero-order chi connectivity index (χ0) is 22.1. The van der Waals surface area contributed by atoms with Gasteiger partial charge in [0.2, 0.25) is 6.79 Å². The highest BCUT2D eigenvalue weighted by molar-refractivity contribution is 5.80. The molecule has 0 rings (SSSR count). The molecule has 10 nitrogen and oxygen atoms in total. The van der Waals surface area contributed by atoms with E-state index in [-0.39, 0.29) is 12.8 Å². The van der Waals surface area contributed by atoms with E-state index in [1.807, 2.05) is 0 Å². The van der Waals surface area contributed by atoms with E-state index in [0.29, 0.717) is 12.8 Å². The highest BCUT2D eigenvalue weighted by atomic mass is 16.7. The summed E-state index contributed by atoms with van der Waals surface area (Å²) in [5.41, 5.74) is 7.44. The molecule has 0 spiro atoms. The molecule has 2 atom stereocenters. The Morgan fingerprint density at radius 2 is 1.03 bits per heavy atom. The molecule has 0 fully saturated rings. The van der Waals surface area contributed by atoms with Crippen molar-refractivity contribution in [3.05, 3.63) is 0 Å². The minimum absolute atomic E-state index is 0.213. The lowest BCUT2D eigenvalue weighted by Gasteiger charge is -2.15. The molecule has 0 saturated carbocycles. The maximum absolute atomic E-state index is 11.8. The third kappa shape index (κ3) is 14.5. The third-order valence-electron chi connectivity index (χ3n) is 3.94. The quantitative estimate of drug-likeness (QED) is 0.146. The van der Waals surface area contributed by atoms with Gasteiger partial charge in [-0.25, -0.2) is 9.59 Å². The summed E-state index contributed by atoms with van der Waals surface area (Å²) in [6.07, 6.45) is 3.14. The van der Waals surface area contributed by atoms with Crippen LogP contribution in [0.4, 0.5) is 0 Å². The van der Waals surface area contributed by atoms with Crippen LogP contribution in [-0.2, 0) is 38.1 Å². The number of rotatable bonds is 16. The fourth-order valence-electron chi connectivity index (χ4n) is 2.23. The molecule has 0 amide bonds. The molecule has 29 heavy (non-hydrogen) atoms. The molecular weight excluding hydrogens is 384 g/mol. The average Bonchev–Trinajstić information content (AvgIpc) is 2.68. The molecule has 0 aromatic carbocycles. The Kier molecular flexibility index (Phi) is 15.5. The largest absolute Gasteiger partial charge is 0.451 e. The molecule has 2 unspecified atom stereocenters. The van der Waals surface area contributed by atoms with Crippen molar-refractivity contribution in [3.63, 3.8) is 0 Å². The Morgan fingerprint density at radius 3 is 1.38 bits per heavy atom. The zero-order valence-electron chi connectivity index (χ0n) is 17.6. The Balaban J connectivity index is 3.98. The second-order valence-corrected chi connectivity index (χ2v) is 6.64. The Labute approximate surface area is 171 Å². The standard InChI is InChI=1S/C19H34N2O8/c1-14(28-16(22)9-5-3-7-11-20)18(24)26-13-27-19(25)15(2)29-17(23)10-6-4-8-12-21/h14-15H,3-13,20-21H2,1-2H3/p+2. The monoisotopic (exact) mass is 420 g/mol. The van der Waals surface area contributed by atoms with Crippen molar-refractivity contribution in [3.8, 4) is 0 Å². The predicted molar refractivity (Wildman–Crippen MR) is 101 cm³/mol. The van der Waals surface area contributed by atoms with Crippen LogP contribution < -0.4 is 11.5 Å². The number of ether oxygens (including phenoxy) is 4. The predicted octanol–water partition coefficient (Wildman–Crippen LogP) is -0.502. The third-order valence-corrected chi connectivity index (χ3v) is 3.94. The summed E-state index contributed by atoms with van der Waals surface area (Å²) in [7, 11) is 0. The fourth-order valence-corrected chi connectivity index (χ4v) is 2.23. The van der Waals surface area contributed by atoms with Gasteiger partial charge in [-0.2, -0.15) is 0 Å². The zero-order valence-corrected chi connectivity index (χ0v) is 17.6. The highest BCUT2D eigenvalue weighted by Crippen LogP contribution is 2.05. The van der Waals surface area contributed by atoms with Crippen molar-refractivity contribution in [1.82, 2.24) is 0 Å². The number of hydrogen-bond donors (Lipinski definition) is 2. The van der Waals surface area contributed by atoms with Gasteiger partial charge >= 0.3 is 23.9 Å². The van der Waals surface area contributed by atoms with Gasteiger partial charge in [0.05, 0.1) is 13.1 Å². The van der Waals surface area contributed by atoms with E-state index >= 15 is 0 Å². The van der Waals surface area contributed by atoms with Crippen LogP contribution in [0.1, 0.15) is 65.2 Å². The Morgan fingerprint density at radius 1 is 0.655 bits per heavy atom. The lowest BCUT2D eigenvalue weighted by molar-refractivity contribution is -0.368. The van der Waals surface area contributed by atoms with Gasteiger partial charge in [-0.15, -0.1) is 0 Å². The number of hydrogen-bond acceptors (Lipinski definition) is 8. The Hall–Kier alpha value is -2.20. The number of quaternary nitrogens is 2. The average molecular weight is 421 g/mol. The lowest BCUT2D eigenvalue weighted by Crippen LogP contribution is -2.50. The van der Waals surface area contributed by atoms with Crippen LogP contribution in [0.2, 0.25) is 0 Å². The fraction of sp³-hybridized carbons (Fsp3) is 0.789. The van der Waals surface area contributed by atoms with Gasteiger partial charge in [0.25, 0.3) is 0 Å². The van der Waals surface area contributed by atoms with Crippen molar-refractivity contribution in [2.24, 2.45) is 0 Å².